The molecule has 0 unspecified atom stereocenters. The lowest BCUT2D eigenvalue weighted by atomic mass is 9.96. The highest BCUT2D eigenvalue weighted by Gasteiger charge is 2.15. The summed E-state index contributed by atoms with van der Waals surface area (Å²) < 4.78 is 0. The van der Waals surface area contributed by atoms with Gasteiger partial charge >= 0.3 is 0 Å². The predicted molar refractivity (Wildman–Crippen MR) is 49.8 cm³/mol. The zero-order valence-electron chi connectivity index (χ0n) is 7.52. The highest BCUT2D eigenvalue weighted by atomic mass is 14.8. The van der Waals surface area contributed by atoms with E-state index in [1.165, 1.54) is 11.3 Å². The van der Waals surface area contributed by atoms with Crippen molar-refractivity contribution >= 4 is 6.21 Å². The molecule has 1 heteroatoms. The summed E-state index contributed by atoms with van der Waals surface area (Å²) in [6, 6.07) is 0. The number of aliphatic imine (C=N–C) groups is 1. The Morgan fingerprint density at radius 1 is 1.55 bits per heavy atom. The second-order valence-electron chi connectivity index (χ2n) is 3.15. The molecule has 1 aliphatic heterocycles. The fourth-order valence-corrected chi connectivity index (χ4v) is 1.47. The van der Waals surface area contributed by atoms with Gasteiger partial charge < -0.3 is 0 Å². The lowest BCUT2D eigenvalue weighted by molar-refractivity contribution is 0.770. The molecule has 0 aromatic rings. The molecule has 1 heterocycles. The molecule has 0 amide bonds. The highest BCUT2D eigenvalue weighted by Crippen LogP contribution is 2.28. The molecule has 0 aromatic heterocycles. The minimum Gasteiger partial charge on any atom is -0.260 e. The van der Waals surface area contributed by atoms with Gasteiger partial charge in [0.25, 0.3) is 0 Å². The topological polar surface area (TPSA) is 12.4 Å². The number of hydrogen-bond donors (Lipinski definition) is 0. The zero-order chi connectivity index (χ0) is 8.43. The molecular formula is C10H15N. The van der Waals surface area contributed by atoms with Crippen LogP contribution < -0.4 is 0 Å². The van der Waals surface area contributed by atoms with Crippen LogP contribution in [0.3, 0.4) is 0 Å². The molecular weight excluding hydrogens is 134 g/mol. The maximum absolute atomic E-state index is 4.29. The van der Waals surface area contributed by atoms with Crippen LogP contribution in [-0.2, 0) is 0 Å². The van der Waals surface area contributed by atoms with Crippen LogP contribution in [0.15, 0.2) is 28.4 Å². The first-order chi connectivity index (χ1) is 5.16. The normalized spacial score (nSPS) is 17.3. The second-order valence-corrected chi connectivity index (χ2v) is 3.15. The fraction of sp³-hybridized carbons (Fsp3) is 0.500. The molecule has 0 N–H and O–H groups in total. The van der Waals surface area contributed by atoms with E-state index in [0.717, 1.165) is 12.0 Å². The van der Waals surface area contributed by atoms with E-state index in [-0.39, 0.29) is 0 Å². The van der Waals surface area contributed by atoms with Crippen molar-refractivity contribution in [3.8, 4) is 0 Å². The Balaban J connectivity index is 2.97. The standard InChI is InChI=1S/C10H15N/c1-5-9-10(7(2)3)8(4)6-11-9/h6-7H,4-5H2,1-3H3. The van der Waals surface area contributed by atoms with Gasteiger partial charge in [-0.15, -0.1) is 0 Å². The molecule has 0 bridgehead atoms. The summed E-state index contributed by atoms with van der Waals surface area (Å²) in [4.78, 5) is 4.29. The van der Waals surface area contributed by atoms with E-state index in [0.29, 0.717) is 5.92 Å². The van der Waals surface area contributed by atoms with E-state index < -0.39 is 0 Å². The van der Waals surface area contributed by atoms with E-state index in [1.807, 2.05) is 6.21 Å². The van der Waals surface area contributed by atoms with Crippen LogP contribution in [0.4, 0.5) is 0 Å². The zero-order valence-corrected chi connectivity index (χ0v) is 7.52. The molecule has 0 aromatic carbocycles. The summed E-state index contributed by atoms with van der Waals surface area (Å²) in [6.45, 7) is 10.5. The quantitative estimate of drug-likeness (QED) is 0.572. The lowest BCUT2D eigenvalue weighted by Gasteiger charge is -2.08. The van der Waals surface area contributed by atoms with Crippen molar-refractivity contribution in [1.29, 1.82) is 0 Å². The van der Waals surface area contributed by atoms with Crippen molar-refractivity contribution in [2.45, 2.75) is 27.2 Å². The average Bonchev–Trinajstić information content (AvgIpc) is 2.30. The third kappa shape index (κ3) is 1.42. The Bertz CT molecular complexity index is 231. The molecule has 1 aliphatic rings. The molecule has 0 fully saturated rings. The molecule has 0 aliphatic carbocycles. The summed E-state index contributed by atoms with van der Waals surface area (Å²) in [6.07, 6.45) is 2.89. The Hall–Kier alpha value is -0.850. The third-order valence-corrected chi connectivity index (χ3v) is 1.95. The van der Waals surface area contributed by atoms with Gasteiger partial charge in [0.2, 0.25) is 0 Å². The molecule has 0 saturated heterocycles. The van der Waals surface area contributed by atoms with Crippen LogP contribution in [0, 0.1) is 5.92 Å². The number of rotatable bonds is 2. The van der Waals surface area contributed by atoms with E-state index in [2.05, 4.69) is 32.3 Å². The molecule has 1 rings (SSSR count). The Morgan fingerprint density at radius 3 is 2.55 bits per heavy atom. The maximum atomic E-state index is 4.29. The number of hydrogen-bond acceptors (Lipinski definition) is 1. The number of allylic oxidation sites excluding steroid dienone is 3. The Kier molecular flexibility index (Phi) is 2.28. The average molecular weight is 149 g/mol. The van der Waals surface area contributed by atoms with Crippen LogP contribution in [0.1, 0.15) is 27.2 Å². The van der Waals surface area contributed by atoms with Crippen molar-refractivity contribution in [3.63, 3.8) is 0 Å². The number of nitrogens with zero attached hydrogens (tertiary/aromatic N) is 1. The molecule has 0 radical (unpaired) electrons. The molecule has 60 valence electrons. The smallest absolute Gasteiger partial charge is 0.0441 e. The maximum Gasteiger partial charge on any atom is 0.0441 e. The van der Waals surface area contributed by atoms with Crippen LogP contribution in [0.25, 0.3) is 0 Å². The van der Waals surface area contributed by atoms with Crippen molar-refractivity contribution in [2.75, 3.05) is 0 Å². The van der Waals surface area contributed by atoms with Gasteiger partial charge in [-0.05, 0) is 23.5 Å². The molecule has 0 spiro atoms. The van der Waals surface area contributed by atoms with Crippen LogP contribution in [-0.4, -0.2) is 6.21 Å². The van der Waals surface area contributed by atoms with E-state index >= 15 is 0 Å². The molecule has 0 saturated carbocycles. The fourth-order valence-electron chi connectivity index (χ4n) is 1.47. The van der Waals surface area contributed by atoms with Gasteiger partial charge in [-0.2, -0.15) is 0 Å². The van der Waals surface area contributed by atoms with E-state index in [4.69, 9.17) is 0 Å². The van der Waals surface area contributed by atoms with Crippen molar-refractivity contribution < 1.29 is 0 Å². The summed E-state index contributed by atoms with van der Waals surface area (Å²) in [5.41, 5.74) is 3.65. The van der Waals surface area contributed by atoms with Gasteiger partial charge in [0.15, 0.2) is 0 Å². The second kappa shape index (κ2) is 3.04. The summed E-state index contributed by atoms with van der Waals surface area (Å²) in [7, 11) is 0. The molecule has 1 nitrogen and oxygen atoms in total. The monoisotopic (exact) mass is 149 g/mol. The highest BCUT2D eigenvalue weighted by molar-refractivity contribution is 5.88. The summed E-state index contributed by atoms with van der Waals surface area (Å²) >= 11 is 0. The van der Waals surface area contributed by atoms with Gasteiger partial charge in [0.1, 0.15) is 0 Å². The van der Waals surface area contributed by atoms with Crippen molar-refractivity contribution in [1.82, 2.24) is 0 Å². The lowest BCUT2D eigenvalue weighted by Crippen LogP contribution is -1.96. The first-order valence-electron chi connectivity index (χ1n) is 4.13. The van der Waals surface area contributed by atoms with Gasteiger partial charge in [0.05, 0.1) is 0 Å². The largest absolute Gasteiger partial charge is 0.260 e. The van der Waals surface area contributed by atoms with Gasteiger partial charge in [0, 0.05) is 11.9 Å². The molecule has 0 atom stereocenters. The SMILES string of the molecule is C=C1C=NC(CC)=C1C(C)C. The van der Waals surface area contributed by atoms with E-state index in [1.54, 1.807) is 0 Å². The first-order valence-corrected chi connectivity index (χ1v) is 4.13. The van der Waals surface area contributed by atoms with Gasteiger partial charge in [-0.25, -0.2) is 0 Å². The van der Waals surface area contributed by atoms with Crippen LogP contribution >= 0.6 is 0 Å². The van der Waals surface area contributed by atoms with Crippen molar-refractivity contribution in [2.24, 2.45) is 10.9 Å². The minimum absolute atomic E-state index is 0.556. The summed E-state index contributed by atoms with van der Waals surface area (Å²) in [5.74, 6) is 0.556. The summed E-state index contributed by atoms with van der Waals surface area (Å²) in [5, 5.41) is 0. The van der Waals surface area contributed by atoms with Gasteiger partial charge in [-0.3, -0.25) is 4.99 Å². The van der Waals surface area contributed by atoms with Crippen LogP contribution in [0.5, 0.6) is 0 Å². The predicted octanol–water partition coefficient (Wildman–Crippen LogP) is 2.95. The Morgan fingerprint density at radius 2 is 2.18 bits per heavy atom. The molecule has 11 heavy (non-hydrogen) atoms. The van der Waals surface area contributed by atoms with Gasteiger partial charge in [-0.1, -0.05) is 27.4 Å². The minimum atomic E-state index is 0.556. The van der Waals surface area contributed by atoms with Crippen molar-refractivity contribution in [3.05, 3.63) is 23.4 Å². The van der Waals surface area contributed by atoms with E-state index in [9.17, 15) is 0 Å². The van der Waals surface area contributed by atoms with Crippen LogP contribution in [0.2, 0.25) is 0 Å². The first kappa shape index (κ1) is 8.25. The Labute approximate surface area is 68.5 Å². The third-order valence-electron chi connectivity index (χ3n) is 1.95.